The Labute approximate surface area is 125 Å². The van der Waals surface area contributed by atoms with Gasteiger partial charge in [-0.05, 0) is 29.9 Å². The average Bonchev–Trinajstić information content (AvgIpc) is 2.43. The van der Waals surface area contributed by atoms with Crippen LogP contribution in [0.1, 0.15) is 43.7 Å². The maximum Gasteiger partial charge on any atom is 0.314 e. The molecule has 0 radical (unpaired) electrons. The molecule has 2 amide bonds. The van der Waals surface area contributed by atoms with Crippen LogP contribution in [0.3, 0.4) is 0 Å². The van der Waals surface area contributed by atoms with Crippen LogP contribution in [-0.2, 0) is 11.2 Å². The first-order chi connectivity index (χ1) is 9.99. The molecule has 1 aromatic carbocycles. The number of aliphatic carboxylic acids is 1. The fraction of sp³-hybridized carbons (Fsp3) is 0.500. The summed E-state index contributed by atoms with van der Waals surface area (Å²) >= 11 is 0. The van der Waals surface area contributed by atoms with E-state index < -0.39 is 5.97 Å². The van der Waals surface area contributed by atoms with E-state index in [1.807, 2.05) is 0 Å². The van der Waals surface area contributed by atoms with Crippen molar-refractivity contribution in [2.75, 3.05) is 13.1 Å². The van der Waals surface area contributed by atoms with Gasteiger partial charge in [0.05, 0.1) is 6.42 Å². The maximum absolute atomic E-state index is 11.3. The number of carbonyl (C=O) groups is 2. The molecular formula is C16H24N2O3. The summed E-state index contributed by atoms with van der Waals surface area (Å²) in [4.78, 5) is 21.6. The van der Waals surface area contributed by atoms with Gasteiger partial charge in [-0.25, -0.2) is 4.79 Å². The summed E-state index contributed by atoms with van der Waals surface area (Å²) in [6, 6.07) is 8.23. The number of amides is 2. The molecular weight excluding hydrogens is 268 g/mol. The van der Waals surface area contributed by atoms with E-state index in [1.54, 1.807) is 0 Å². The minimum atomic E-state index is -0.917. The molecule has 0 fully saturated rings. The third-order valence-electron chi connectivity index (χ3n) is 3.20. The normalized spacial score (nSPS) is 10.4. The quantitative estimate of drug-likeness (QED) is 0.644. The van der Waals surface area contributed by atoms with Gasteiger partial charge in [-0.3, -0.25) is 4.79 Å². The van der Waals surface area contributed by atoms with Crippen molar-refractivity contribution < 1.29 is 14.7 Å². The van der Waals surface area contributed by atoms with Gasteiger partial charge in [0.1, 0.15) is 0 Å². The number of hydrogen-bond donors (Lipinski definition) is 3. The molecule has 0 unspecified atom stereocenters. The van der Waals surface area contributed by atoms with Gasteiger partial charge in [0.25, 0.3) is 0 Å². The second-order valence-corrected chi connectivity index (χ2v) is 5.33. The number of nitrogens with one attached hydrogen (secondary N) is 2. The lowest BCUT2D eigenvalue weighted by molar-refractivity contribution is -0.136. The van der Waals surface area contributed by atoms with Crippen LogP contribution in [0.4, 0.5) is 4.79 Å². The Hall–Kier alpha value is -2.04. The Bertz CT molecular complexity index is 455. The first-order valence-electron chi connectivity index (χ1n) is 7.31. The van der Waals surface area contributed by atoms with E-state index in [2.05, 4.69) is 48.7 Å². The van der Waals surface area contributed by atoms with Gasteiger partial charge in [-0.15, -0.1) is 0 Å². The Kier molecular flexibility index (Phi) is 7.29. The molecule has 0 saturated heterocycles. The molecule has 1 aromatic rings. The van der Waals surface area contributed by atoms with E-state index in [9.17, 15) is 9.59 Å². The highest BCUT2D eigenvalue weighted by Gasteiger charge is 2.02. The van der Waals surface area contributed by atoms with Crippen molar-refractivity contribution in [3.63, 3.8) is 0 Å². The van der Waals surface area contributed by atoms with Crippen LogP contribution < -0.4 is 10.6 Å². The second kappa shape index (κ2) is 9.00. The van der Waals surface area contributed by atoms with Crippen molar-refractivity contribution in [3.05, 3.63) is 35.4 Å². The average molecular weight is 292 g/mol. The van der Waals surface area contributed by atoms with Gasteiger partial charge in [0.2, 0.25) is 0 Å². The molecule has 3 N–H and O–H groups in total. The summed E-state index contributed by atoms with van der Waals surface area (Å²) in [5.41, 5.74) is 2.59. The molecule has 0 bridgehead atoms. The number of aryl methyl sites for hydroxylation is 1. The fourth-order valence-electron chi connectivity index (χ4n) is 1.91. The van der Waals surface area contributed by atoms with Crippen LogP contribution in [0.5, 0.6) is 0 Å². The van der Waals surface area contributed by atoms with Gasteiger partial charge in [-0.2, -0.15) is 0 Å². The standard InChI is InChI=1S/C16H24N2O3/c1-12(2)14-7-5-13(6-8-14)4-3-10-17-16(21)18-11-9-15(19)20/h5-8,12H,3-4,9-11H2,1-2H3,(H,19,20)(H2,17,18,21). The lowest BCUT2D eigenvalue weighted by Gasteiger charge is -2.08. The van der Waals surface area contributed by atoms with Crippen molar-refractivity contribution in [3.8, 4) is 0 Å². The minimum absolute atomic E-state index is 0.0599. The molecule has 5 nitrogen and oxygen atoms in total. The van der Waals surface area contributed by atoms with Gasteiger partial charge in [-0.1, -0.05) is 38.1 Å². The van der Waals surface area contributed by atoms with E-state index in [0.29, 0.717) is 12.5 Å². The molecule has 0 heterocycles. The Morgan fingerprint density at radius 1 is 1.10 bits per heavy atom. The highest BCUT2D eigenvalue weighted by Crippen LogP contribution is 2.15. The lowest BCUT2D eigenvalue weighted by Crippen LogP contribution is -2.37. The zero-order chi connectivity index (χ0) is 15.7. The number of carboxylic acid groups (broad SMARTS) is 1. The minimum Gasteiger partial charge on any atom is -0.481 e. The second-order valence-electron chi connectivity index (χ2n) is 5.33. The van der Waals surface area contributed by atoms with Gasteiger partial charge in [0.15, 0.2) is 0 Å². The lowest BCUT2D eigenvalue weighted by atomic mass is 10.0. The van der Waals surface area contributed by atoms with Gasteiger partial charge >= 0.3 is 12.0 Å². The van der Waals surface area contributed by atoms with E-state index in [4.69, 9.17) is 5.11 Å². The first kappa shape index (κ1) is 17.0. The van der Waals surface area contributed by atoms with E-state index in [0.717, 1.165) is 12.8 Å². The zero-order valence-corrected chi connectivity index (χ0v) is 12.7. The monoisotopic (exact) mass is 292 g/mol. The number of urea groups is 1. The summed E-state index contributed by atoms with van der Waals surface area (Å²) in [5.74, 6) is -0.379. The van der Waals surface area contributed by atoms with Crippen molar-refractivity contribution in [2.45, 2.75) is 39.0 Å². The summed E-state index contributed by atoms with van der Waals surface area (Å²) in [6.07, 6.45) is 1.71. The van der Waals surface area contributed by atoms with Crippen molar-refractivity contribution in [2.24, 2.45) is 0 Å². The van der Waals surface area contributed by atoms with Crippen LogP contribution in [0, 0.1) is 0 Å². The number of carboxylic acids is 1. The largest absolute Gasteiger partial charge is 0.481 e. The summed E-state index contributed by atoms with van der Waals surface area (Å²) < 4.78 is 0. The van der Waals surface area contributed by atoms with Crippen LogP contribution in [0.25, 0.3) is 0 Å². The molecule has 0 atom stereocenters. The zero-order valence-electron chi connectivity index (χ0n) is 12.7. The predicted octanol–water partition coefficient (Wildman–Crippen LogP) is 2.52. The molecule has 5 heteroatoms. The maximum atomic E-state index is 11.3. The predicted molar refractivity (Wildman–Crippen MR) is 82.5 cm³/mol. The SMILES string of the molecule is CC(C)c1ccc(CCCNC(=O)NCCC(=O)O)cc1. The molecule has 1 rings (SSSR count). The third-order valence-corrected chi connectivity index (χ3v) is 3.20. The highest BCUT2D eigenvalue weighted by atomic mass is 16.4. The molecule has 0 aliphatic rings. The molecule has 0 aliphatic carbocycles. The molecule has 0 spiro atoms. The molecule has 0 aliphatic heterocycles. The van der Waals surface area contributed by atoms with Crippen molar-refractivity contribution >= 4 is 12.0 Å². The number of benzene rings is 1. The summed E-state index contributed by atoms with van der Waals surface area (Å²) in [6.45, 7) is 5.06. The van der Waals surface area contributed by atoms with E-state index in [1.165, 1.54) is 11.1 Å². The number of carbonyl (C=O) groups excluding carboxylic acids is 1. The fourth-order valence-corrected chi connectivity index (χ4v) is 1.91. The van der Waals surface area contributed by atoms with Crippen LogP contribution in [0.15, 0.2) is 24.3 Å². The number of hydrogen-bond acceptors (Lipinski definition) is 2. The first-order valence-corrected chi connectivity index (χ1v) is 7.31. The van der Waals surface area contributed by atoms with Crippen LogP contribution in [0.2, 0.25) is 0 Å². The molecule has 0 saturated carbocycles. The number of rotatable bonds is 8. The van der Waals surface area contributed by atoms with Gasteiger partial charge in [0, 0.05) is 13.1 Å². The van der Waals surface area contributed by atoms with Crippen molar-refractivity contribution in [1.82, 2.24) is 10.6 Å². The van der Waals surface area contributed by atoms with E-state index in [-0.39, 0.29) is 19.0 Å². The van der Waals surface area contributed by atoms with E-state index >= 15 is 0 Å². The summed E-state index contributed by atoms with van der Waals surface area (Å²) in [5, 5.41) is 13.7. The Balaban J connectivity index is 2.16. The van der Waals surface area contributed by atoms with Crippen LogP contribution >= 0.6 is 0 Å². The van der Waals surface area contributed by atoms with Crippen molar-refractivity contribution in [1.29, 1.82) is 0 Å². The Morgan fingerprint density at radius 3 is 2.29 bits per heavy atom. The Morgan fingerprint density at radius 2 is 1.71 bits per heavy atom. The third kappa shape index (κ3) is 7.34. The van der Waals surface area contributed by atoms with Crippen LogP contribution in [-0.4, -0.2) is 30.2 Å². The molecule has 0 aromatic heterocycles. The molecule has 116 valence electrons. The smallest absolute Gasteiger partial charge is 0.314 e. The topological polar surface area (TPSA) is 78.4 Å². The summed E-state index contributed by atoms with van der Waals surface area (Å²) in [7, 11) is 0. The van der Waals surface area contributed by atoms with Gasteiger partial charge < -0.3 is 15.7 Å². The molecule has 21 heavy (non-hydrogen) atoms. The highest BCUT2D eigenvalue weighted by molar-refractivity contribution is 5.74.